The van der Waals surface area contributed by atoms with Crippen LogP contribution >= 0.6 is 0 Å². The maximum atomic E-state index is 10.5. The number of carbonyl (C=O) groups excluding carboxylic acids is 1. The van der Waals surface area contributed by atoms with Gasteiger partial charge in [-0.05, 0) is 12.0 Å². The summed E-state index contributed by atoms with van der Waals surface area (Å²) in [6.07, 6.45) is 14.2. The van der Waals surface area contributed by atoms with Gasteiger partial charge in [-0.3, -0.25) is 4.79 Å². The van der Waals surface area contributed by atoms with Gasteiger partial charge >= 0.3 is 0 Å². The van der Waals surface area contributed by atoms with E-state index in [1.165, 1.54) is 5.57 Å². The molecule has 1 nitrogen and oxygen atoms in total. The van der Waals surface area contributed by atoms with E-state index in [4.69, 9.17) is 0 Å². The van der Waals surface area contributed by atoms with Gasteiger partial charge in [-0.1, -0.05) is 36.5 Å². The highest BCUT2D eigenvalue weighted by Gasteiger charge is 2.14. The third kappa shape index (κ3) is 1.18. The van der Waals surface area contributed by atoms with Crippen molar-refractivity contribution in [3.05, 3.63) is 47.6 Å². The third-order valence-electron chi connectivity index (χ3n) is 2.24. The van der Waals surface area contributed by atoms with Crippen molar-refractivity contribution >= 4 is 6.29 Å². The standard InChI is InChI=1S/C11H10O/c12-8-9-5-6-10-3-1-2-4-11(10)7-9/h1-3,5-8,11H,4H2. The lowest BCUT2D eigenvalue weighted by molar-refractivity contribution is -0.104. The molecule has 1 atom stereocenters. The van der Waals surface area contributed by atoms with Crippen LogP contribution in [0, 0.1) is 5.92 Å². The van der Waals surface area contributed by atoms with E-state index in [1.54, 1.807) is 0 Å². The Hall–Kier alpha value is -1.37. The van der Waals surface area contributed by atoms with Crippen molar-refractivity contribution in [2.24, 2.45) is 5.92 Å². The van der Waals surface area contributed by atoms with Crippen LogP contribution in [-0.2, 0) is 4.79 Å². The first-order chi connectivity index (χ1) is 5.90. The predicted octanol–water partition coefficient (Wildman–Crippen LogP) is 2.18. The molecule has 0 heterocycles. The first-order valence-corrected chi connectivity index (χ1v) is 4.12. The summed E-state index contributed by atoms with van der Waals surface area (Å²) in [7, 11) is 0. The van der Waals surface area contributed by atoms with E-state index >= 15 is 0 Å². The fourth-order valence-electron chi connectivity index (χ4n) is 1.57. The lowest BCUT2D eigenvalue weighted by atomic mass is 9.86. The van der Waals surface area contributed by atoms with Crippen molar-refractivity contribution in [1.29, 1.82) is 0 Å². The largest absolute Gasteiger partial charge is 0.298 e. The summed E-state index contributed by atoms with van der Waals surface area (Å²) in [6.45, 7) is 0. The molecule has 0 bridgehead atoms. The number of hydrogen-bond acceptors (Lipinski definition) is 1. The van der Waals surface area contributed by atoms with Crippen LogP contribution in [0.2, 0.25) is 0 Å². The molecule has 1 unspecified atom stereocenters. The van der Waals surface area contributed by atoms with Gasteiger partial charge in [0.2, 0.25) is 0 Å². The lowest BCUT2D eigenvalue weighted by Gasteiger charge is -2.18. The first kappa shape index (κ1) is 7.29. The average Bonchev–Trinajstić information content (AvgIpc) is 2.17. The van der Waals surface area contributed by atoms with Gasteiger partial charge in [0, 0.05) is 11.5 Å². The molecule has 2 rings (SSSR count). The highest BCUT2D eigenvalue weighted by atomic mass is 16.1. The summed E-state index contributed by atoms with van der Waals surface area (Å²) >= 11 is 0. The molecule has 0 radical (unpaired) electrons. The smallest absolute Gasteiger partial charge is 0.149 e. The number of allylic oxidation sites excluding steroid dienone is 8. The summed E-state index contributed by atoms with van der Waals surface area (Å²) in [4.78, 5) is 10.5. The van der Waals surface area contributed by atoms with Gasteiger partial charge in [-0.2, -0.15) is 0 Å². The minimum atomic E-state index is 0.431. The average molecular weight is 158 g/mol. The summed E-state index contributed by atoms with van der Waals surface area (Å²) in [5.74, 6) is 0.431. The lowest BCUT2D eigenvalue weighted by Crippen LogP contribution is -2.05. The van der Waals surface area contributed by atoms with E-state index in [9.17, 15) is 4.79 Å². The SMILES string of the molecule is O=CC1=CC2CC=CC=C2C=C1. The van der Waals surface area contributed by atoms with E-state index in [-0.39, 0.29) is 0 Å². The van der Waals surface area contributed by atoms with E-state index in [0.29, 0.717) is 5.92 Å². The fraction of sp³-hybridized carbons (Fsp3) is 0.182. The minimum absolute atomic E-state index is 0.431. The van der Waals surface area contributed by atoms with Crippen molar-refractivity contribution < 1.29 is 4.79 Å². The van der Waals surface area contributed by atoms with Gasteiger partial charge in [0.05, 0.1) is 0 Å². The van der Waals surface area contributed by atoms with Gasteiger partial charge in [0.15, 0.2) is 0 Å². The minimum Gasteiger partial charge on any atom is -0.298 e. The molecule has 0 aromatic carbocycles. The highest BCUT2D eigenvalue weighted by Crippen LogP contribution is 2.27. The van der Waals surface area contributed by atoms with Crippen LogP contribution in [0.4, 0.5) is 0 Å². The molecule has 0 spiro atoms. The number of rotatable bonds is 1. The van der Waals surface area contributed by atoms with E-state index in [2.05, 4.69) is 18.2 Å². The van der Waals surface area contributed by atoms with Crippen molar-refractivity contribution in [1.82, 2.24) is 0 Å². The third-order valence-corrected chi connectivity index (χ3v) is 2.24. The van der Waals surface area contributed by atoms with Crippen molar-refractivity contribution in [2.45, 2.75) is 6.42 Å². The van der Waals surface area contributed by atoms with Crippen LogP contribution in [0.5, 0.6) is 0 Å². The van der Waals surface area contributed by atoms with E-state index in [0.717, 1.165) is 18.3 Å². The molecule has 0 N–H and O–H groups in total. The number of aldehydes is 1. The molecule has 2 aliphatic rings. The molecule has 0 aliphatic heterocycles. The number of hydrogen-bond donors (Lipinski definition) is 0. The summed E-state index contributed by atoms with van der Waals surface area (Å²) in [6, 6.07) is 0. The Labute approximate surface area is 71.8 Å². The number of fused-ring (bicyclic) bond motifs is 1. The summed E-state index contributed by atoms with van der Waals surface area (Å²) in [5.41, 5.74) is 2.11. The molecule has 0 fully saturated rings. The predicted molar refractivity (Wildman–Crippen MR) is 48.6 cm³/mol. The second-order valence-corrected chi connectivity index (χ2v) is 3.05. The monoisotopic (exact) mass is 158 g/mol. The Morgan fingerprint density at radius 1 is 1.42 bits per heavy atom. The van der Waals surface area contributed by atoms with Crippen LogP contribution < -0.4 is 0 Å². The number of carbonyl (C=O) groups is 1. The van der Waals surface area contributed by atoms with Crippen LogP contribution in [0.25, 0.3) is 0 Å². The van der Waals surface area contributed by atoms with E-state index < -0.39 is 0 Å². The maximum absolute atomic E-state index is 10.5. The molecule has 12 heavy (non-hydrogen) atoms. The normalized spacial score (nSPS) is 25.8. The maximum Gasteiger partial charge on any atom is 0.149 e. The molecule has 60 valence electrons. The van der Waals surface area contributed by atoms with Gasteiger partial charge in [-0.15, -0.1) is 0 Å². The second kappa shape index (κ2) is 2.94. The Morgan fingerprint density at radius 3 is 3.17 bits per heavy atom. The van der Waals surface area contributed by atoms with Crippen LogP contribution in [-0.4, -0.2) is 6.29 Å². The molecular formula is C11H10O. The quantitative estimate of drug-likeness (QED) is 0.534. The Balaban J connectivity index is 2.31. The first-order valence-electron chi connectivity index (χ1n) is 4.12. The molecule has 0 saturated heterocycles. The van der Waals surface area contributed by atoms with E-state index in [1.807, 2.05) is 18.2 Å². The van der Waals surface area contributed by atoms with Crippen molar-refractivity contribution in [2.75, 3.05) is 0 Å². The molecule has 0 aromatic rings. The molecule has 0 amide bonds. The highest BCUT2D eigenvalue weighted by molar-refractivity contribution is 5.79. The summed E-state index contributed by atoms with van der Waals surface area (Å²) < 4.78 is 0. The second-order valence-electron chi connectivity index (χ2n) is 3.05. The topological polar surface area (TPSA) is 17.1 Å². The molecule has 1 heteroatoms. The van der Waals surface area contributed by atoms with Gasteiger partial charge in [0.1, 0.15) is 6.29 Å². The Bertz CT molecular complexity index is 316. The van der Waals surface area contributed by atoms with Gasteiger partial charge in [0.25, 0.3) is 0 Å². The van der Waals surface area contributed by atoms with Gasteiger partial charge < -0.3 is 0 Å². The van der Waals surface area contributed by atoms with Crippen LogP contribution in [0.1, 0.15) is 6.42 Å². The molecular weight excluding hydrogens is 148 g/mol. The van der Waals surface area contributed by atoms with Crippen LogP contribution in [0.15, 0.2) is 47.6 Å². The Morgan fingerprint density at radius 2 is 2.33 bits per heavy atom. The van der Waals surface area contributed by atoms with Gasteiger partial charge in [-0.25, -0.2) is 0 Å². The zero-order valence-corrected chi connectivity index (χ0v) is 6.73. The van der Waals surface area contributed by atoms with Crippen molar-refractivity contribution in [3.63, 3.8) is 0 Å². The fourth-order valence-corrected chi connectivity index (χ4v) is 1.57. The Kier molecular flexibility index (Phi) is 1.78. The molecule has 0 aromatic heterocycles. The van der Waals surface area contributed by atoms with Crippen molar-refractivity contribution in [3.8, 4) is 0 Å². The van der Waals surface area contributed by atoms with Crippen LogP contribution in [0.3, 0.4) is 0 Å². The zero-order chi connectivity index (χ0) is 8.39. The summed E-state index contributed by atoms with van der Waals surface area (Å²) in [5, 5.41) is 0. The molecule has 2 aliphatic carbocycles. The molecule has 0 saturated carbocycles. The zero-order valence-electron chi connectivity index (χ0n) is 6.73.